The molecule has 0 unspecified atom stereocenters. The minimum absolute atomic E-state index is 0.0796. The average Bonchev–Trinajstić information content (AvgIpc) is 2.19. The first-order valence-corrected chi connectivity index (χ1v) is 5.38. The summed E-state index contributed by atoms with van der Waals surface area (Å²) in [6.45, 7) is 6.18. The van der Waals surface area contributed by atoms with Crippen LogP contribution in [0.3, 0.4) is 0 Å². The van der Waals surface area contributed by atoms with Crippen LogP contribution < -0.4 is 0 Å². The van der Waals surface area contributed by atoms with Crippen molar-refractivity contribution in [3.63, 3.8) is 0 Å². The Kier molecular flexibility index (Phi) is 3.58. The van der Waals surface area contributed by atoms with Gasteiger partial charge >= 0.3 is 0 Å². The molecule has 0 bridgehead atoms. The van der Waals surface area contributed by atoms with E-state index in [0.29, 0.717) is 10.6 Å². The molecule has 2 nitrogen and oxygen atoms in total. The third kappa shape index (κ3) is 2.35. The van der Waals surface area contributed by atoms with E-state index in [4.69, 9.17) is 22.1 Å². The van der Waals surface area contributed by atoms with Gasteiger partial charge in [-0.1, -0.05) is 38.4 Å². The van der Waals surface area contributed by atoms with Gasteiger partial charge in [0.25, 0.3) is 0 Å². The van der Waals surface area contributed by atoms with E-state index in [2.05, 4.69) is 26.8 Å². The number of hydrogen-bond acceptors (Lipinski definition) is 2. The van der Waals surface area contributed by atoms with Gasteiger partial charge < -0.3 is 0 Å². The summed E-state index contributed by atoms with van der Waals surface area (Å²) in [6.07, 6.45) is 0.237. The molecule has 0 N–H and O–H groups in total. The predicted molar refractivity (Wildman–Crippen MR) is 64.2 cm³/mol. The molecule has 1 aromatic rings. The second-order valence-corrected chi connectivity index (χ2v) is 5.03. The molecule has 0 saturated heterocycles. The summed E-state index contributed by atoms with van der Waals surface area (Å²) in [5, 5.41) is 18.1. The Balaban J connectivity index is 3.49. The van der Waals surface area contributed by atoms with Crippen LogP contribution >= 0.6 is 11.6 Å². The number of rotatable bonds is 1. The quantitative estimate of drug-likeness (QED) is 0.743. The first-order valence-electron chi connectivity index (χ1n) is 5.00. The lowest BCUT2D eigenvalue weighted by Crippen LogP contribution is -2.14. The largest absolute Gasteiger partial charge is 0.198 e. The van der Waals surface area contributed by atoms with Crippen LogP contribution in [0.5, 0.6) is 0 Å². The zero-order valence-corrected chi connectivity index (χ0v) is 10.4. The molecule has 0 atom stereocenters. The fourth-order valence-electron chi connectivity index (χ4n) is 1.66. The van der Waals surface area contributed by atoms with Crippen molar-refractivity contribution in [2.24, 2.45) is 0 Å². The van der Waals surface area contributed by atoms with Gasteiger partial charge in [0, 0.05) is 0 Å². The van der Waals surface area contributed by atoms with Crippen LogP contribution in [0.25, 0.3) is 0 Å². The lowest BCUT2D eigenvalue weighted by Gasteiger charge is -2.23. The zero-order chi connectivity index (χ0) is 12.3. The topological polar surface area (TPSA) is 47.6 Å². The van der Waals surface area contributed by atoms with E-state index in [9.17, 15) is 0 Å². The normalized spacial score (nSPS) is 10.6. The first-order chi connectivity index (χ1) is 7.41. The third-order valence-corrected chi connectivity index (χ3v) is 2.86. The van der Waals surface area contributed by atoms with Gasteiger partial charge in [-0.3, -0.25) is 0 Å². The first kappa shape index (κ1) is 12.6. The highest BCUT2D eigenvalue weighted by Gasteiger charge is 2.21. The monoisotopic (exact) mass is 232 g/mol. The molecule has 0 amide bonds. The van der Waals surface area contributed by atoms with E-state index >= 15 is 0 Å². The third-order valence-electron chi connectivity index (χ3n) is 2.43. The summed E-state index contributed by atoms with van der Waals surface area (Å²) in [5.74, 6) is 0. The minimum Gasteiger partial charge on any atom is -0.198 e. The van der Waals surface area contributed by atoms with Crippen LogP contribution in [0.4, 0.5) is 0 Å². The molecule has 1 aromatic carbocycles. The molecule has 0 aliphatic carbocycles. The molecule has 16 heavy (non-hydrogen) atoms. The highest BCUT2D eigenvalue weighted by atomic mass is 35.5. The van der Waals surface area contributed by atoms with E-state index in [0.717, 1.165) is 11.1 Å². The highest BCUT2D eigenvalue weighted by Crippen LogP contribution is 2.32. The van der Waals surface area contributed by atoms with E-state index in [1.165, 1.54) is 0 Å². The molecule has 82 valence electrons. The summed E-state index contributed by atoms with van der Waals surface area (Å²) < 4.78 is 0. The second-order valence-electron chi connectivity index (χ2n) is 4.65. The summed E-state index contributed by atoms with van der Waals surface area (Å²) in [6, 6.07) is 7.72. The van der Waals surface area contributed by atoms with Crippen LogP contribution in [0, 0.1) is 22.7 Å². The molecule has 0 fully saturated rings. The van der Waals surface area contributed by atoms with Gasteiger partial charge in [-0.2, -0.15) is 10.5 Å². The van der Waals surface area contributed by atoms with Gasteiger partial charge in [-0.05, 0) is 22.6 Å². The maximum absolute atomic E-state index is 8.89. The van der Waals surface area contributed by atoms with Crippen molar-refractivity contribution < 1.29 is 0 Å². The smallest absolute Gasteiger partial charge is 0.101 e. The van der Waals surface area contributed by atoms with Crippen molar-refractivity contribution in [2.45, 2.75) is 32.6 Å². The molecule has 3 heteroatoms. The maximum Gasteiger partial charge on any atom is 0.101 e. The standard InChI is InChI=1S/C13H13ClN2/c1-13(2,3)11-5-4-9(8-16)12(14)10(11)6-7-15/h4-5H,6H2,1-3H3. The van der Waals surface area contributed by atoms with E-state index in [-0.39, 0.29) is 11.8 Å². The fourth-order valence-corrected chi connectivity index (χ4v) is 1.94. The lowest BCUT2D eigenvalue weighted by atomic mass is 9.82. The van der Waals surface area contributed by atoms with Crippen molar-refractivity contribution in [2.75, 3.05) is 0 Å². The average molecular weight is 233 g/mol. The van der Waals surface area contributed by atoms with Crippen LogP contribution in [0.1, 0.15) is 37.5 Å². The predicted octanol–water partition coefficient (Wildman–Crippen LogP) is 3.58. The van der Waals surface area contributed by atoms with Crippen LogP contribution in [0.2, 0.25) is 5.02 Å². The number of nitrogens with zero attached hydrogens (tertiary/aromatic N) is 2. The molecule has 0 aromatic heterocycles. The van der Waals surface area contributed by atoms with E-state index in [1.807, 2.05) is 12.1 Å². The lowest BCUT2D eigenvalue weighted by molar-refractivity contribution is 0.584. The Labute approximate surface area is 101 Å². The molecule has 0 spiro atoms. The van der Waals surface area contributed by atoms with Crippen molar-refractivity contribution in [1.29, 1.82) is 10.5 Å². The Morgan fingerprint density at radius 2 is 1.88 bits per heavy atom. The zero-order valence-electron chi connectivity index (χ0n) is 9.63. The second kappa shape index (κ2) is 4.56. The number of nitriles is 2. The molecular weight excluding hydrogens is 220 g/mol. The summed E-state index contributed by atoms with van der Waals surface area (Å²) in [4.78, 5) is 0. The van der Waals surface area contributed by atoms with Gasteiger partial charge in [-0.25, -0.2) is 0 Å². The van der Waals surface area contributed by atoms with Gasteiger partial charge in [0.15, 0.2) is 0 Å². The summed E-state index contributed by atoms with van der Waals surface area (Å²) in [5.41, 5.74) is 2.15. The van der Waals surface area contributed by atoms with Gasteiger partial charge in [0.05, 0.1) is 23.1 Å². The van der Waals surface area contributed by atoms with Crippen molar-refractivity contribution in [3.8, 4) is 12.1 Å². The van der Waals surface area contributed by atoms with Crippen LogP contribution in [0.15, 0.2) is 12.1 Å². The van der Waals surface area contributed by atoms with Crippen molar-refractivity contribution in [1.82, 2.24) is 0 Å². The summed E-state index contributed by atoms with van der Waals surface area (Å²) >= 11 is 6.13. The highest BCUT2D eigenvalue weighted by molar-refractivity contribution is 6.32. The SMILES string of the molecule is CC(C)(C)c1ccc(C#N)c(Cl)c1CC#N. The maximum atomic E-state index is 8.89. The molecule has 1 rings (SSSR count). The number of halogens is 1. The molecule has 0 saturated carbocycles. The Hall–Kier alpha value is -1.51. The molecule has 0 aliphatic heterocycles. The Bertz CT molecular complexity index is 484. The number of benzene rings is 1. The minimum atomic E-state index is -0.0796. The van der Waals surface area contributed by atoms with Crippen LogP contribution in [-0.4, -0.2) is 0 Å². The molecule has 0 radical (unpaired) electrons. The van der Waals surface area contributed by atoms with E-state index < -0.39 is 0 Å². The molecular formula is C13H13ClN2. The number of hydrogen-bond donors (Lipinski definition) is 0. The van der Waals surface area contributed by atoms with Gasteiger partial charge in [-0.15, -0.1) is 0 Å². The Morgan fingerprint density at radius 3 is 2.31 bits per heavy atom. The fraction of sp³-hybridized carbons (Fsp3) is 0.385. The Morgan fingerprint density at radius 1 is 1.25 bits per heavy atom. The van der Waals surface area contributed by atoms with E-state index in [1.54, 1.807) is 6.07 Å². The summed E-state index contributed by atoms with van der Waals surface area (Å²) in [7, 11) is 0. The van der Waals surface area contributed by atoms with Crippen molar-refractivity contribution in [3.05, 3.63) is 33.8 Å². The van der Waals surface area contributed by atoms with Gasteiger partial charge in [0.1, 0.15) is 6.07 Å². The molecule has 0 heterocycles. The molecule has 0 aliphatic rings. The van der Waals surface area contributed by atoms with Gasteiger partial charge in [0.2, 0.25) is 0 Å². The van der Waals surface area contributed by atoms with Crippen LogP contribution in [-0.2, 0) is 11.8 Å². The van der Waals surface area contributed by atoms with Crippen molar-refractivity contribution >= 4 is 11.6 Å².